The molecule has 4 nitrogen and oxygen atoms in total. The molecule has 0 aliphatic carbocycles. The van der Waals surface area contributed by atoms with Gasteiger partial charge in [-0.25, -0.2) is 4.98 Å². The second-order valence-corrected chi connectivity index (χ2v) is 4.62. The fraction of sp³-hybridized carbons (Fsp3) is 0.357. The zero-order chi connectivity index (χ0) is 12.2. The molecule has 0 unspecified atom stereocenters. The first-order chi connectivity index (χ1) is 8.92. The van der Waals surface area contributed by atoms with Gasteiger partial charge in [-0.3, -0.25) is 0 Å². The summed E-state index contributed by atoms with van der Waals surface area (Å²) in [6.45, 7) is 3.23. The molecule has 1 N–H and O–H groups in total. The van der Waals surface area contributed by atoms with Gasteiger partial charge < -0.3 is 14.6 Å². The molecule has 18 heavy (non-hydrogen) atoms. The van der Waals surface area contributed by atoms with Crippen molar-refractivity contribution in [1.82, 2.24) is 14.9 Å². The monoisotopic (exact) mass is 243 g/mol. The smallest absolute Gasteiger partial charge is 0.0946 e. The Morgan fingerprint density at radius 2 is 2.22 bits per heavy atom. The zero-order valence-electron chi connectivity index (χ0n) is 10.2. The lowest BCUT2D eigenvalue weighted by Gasteiger charge is -2.23. The second-order valence-electron chi connectivity index (χ2n) is 4.62. The van der Waals surface area contributed by atoms with Gasteiger partial charge >= 0.3 is 0 Å². The van der Waals surface area contributed by atoms with Crippen LogP contribution in [0.5, 0.6) is 0 Å². The van der Waals surface area contributed by atoms with Gasteiger partial charge in [0.05, 0.1) is 19.5 Å². The molecule has 0 bridgehead atoms. The summed E-state index contributed by atoms with van der Waals surface area (Å²) in [5, 5.41) is 3.54. The van der Waals surface area contributed by atoms with Gasteiger partial charge in [-0.15, -0.1) is 0 Å². The molecule has 1 aromatic heterocycles. The highest BCUT2D eigenvalue weighted by Gasteiger charge is 2.14. The van der Waals surface area contributed by atoms with Gasteiger partial charge in [-0.2, -0.15) is 0 Å². The summed E-state index contributed by atoms with van der Waals surface area (Å²) < 4.78 is 7.84. The molecule has 0 fully saturated rings. The molecule has 0 amide bonds. The summed E-state index contributed by atoms with van der Waals surface area (Å²) in [5.41, 5.74) is 2.61. The molecular formula is C14H17N3O. The van der Waals surface area contributed by atoms with Crippen molar-refractivity contribution in [3.63, 3.8) is 0 Å². The first-order valence-corrected chi connectivity index (χ1v) is 6.25. The van der Waals surface area contributed by atoms with Gasteiger partial charge in [0, 0.05) is 31.5 Å². The Morgan fingerprint density at radius 3 is 3.06 bits per heavy atom. The minimum absolute atomic E-state index is 0.326. The number of rotatable bonds is 2. The molecule has 0 saturated heterocycles. The van der Waals surface area contributed by atoms with E-state index in [1.165, 1.54) is 11.1 Å². The lowest BCUT2D eigenvalue weighted by atomic mass is 10.1. The van der Waals surface area contributed by atoms with E-state index in [9.17, 15) is 0 Å². The summed E-state index contributed by atoms with van der Waals surface area (Å²) in [5.74, 6) is 0. The number of nitrogens with zero attached hydrogens (tertiary/aromatic N) is 2. The van der Waals surface area contributed by atoms with E-state index >= 15 is 0 Å². The van der Waals surface area contributed by atoms with Crippen LogP contribution >= 0.6 is 0 Å². The quantitative estimate of drug-likeness (QED) is 0.870. The summed E-state index contributed by atoms with van der Waals surface area (Å²) in [6.07, 6.45) is 5.63. The number of aromatic nitrogens is 2. The predicted octanol–water partition coefficient (Wildman–Crippen LogP) is 1.57. The van der Waals surface area contributed by atoms with Crippen molar-refractivity contribution in [3.05, 3.63) is 54.1 Å². The maximum atomic E-state index is 5.77. The fourth-order valence-electron chi connectivity index (χ4n) is 2.26. The Balaban J connectivity index is 1.68. The van der Waals surface area contributed by atoms with Crippen LogP contribution < -0.4 is 5.32 Å². The number of ether oxygens (including phenoxy) is 1. The normalized spacial score (nSPS) is 19.9. The van der Waals surface area contributed by atoms with Crippen LogP contribution in [0.1, 0.15) is 11.1 Å². The van der Waals surface area contributed by atoms with Crippen molar-refractivity contribution >= 4 is 0 Å². The molecule has 2 heterocycles. The minimum atomic E-state index is 0.326. The number of benzene rings is 1. The molecule has 0 spiro atoms. The number of fused-ring (bicyclic) bond motifs is 1. The molecule has 1 atom stereocenters. The van der Waals surface area contributed by atoms with E-state index in [0.29, 0.717) is 12.6 Å². The van der Waals surface area contributed by atoms with Crippen LogP contribution in [0, 0.1) is 0 Å². The summed E-state index contributed by atoms with van der Waals surface area (Å²) in [7, 11) is 0. The van der Waals surface area contributed by atoms with E-state index in [1.807, 2.05) is 12.5 Å². The van der Waals surface area contributed by atoms with Gasteiger partial charge in [0.1, 0.15) is 0 Å². The SMILES string of the molecule is c1ccc2c(c1)CN[C@H](Cn1ccnc1)COC2. The van der Waals surface area contributed by atoms with E-state index in [0.717, 1.165) is 19.7 Å². The van der Waals surface area contributed by atoms with Crippen molar-refractivity contribution in [3.8, 4) is 0 Å². The molecule has 0 saturated carbocycles. The van der Waals surface area contributed by atoms with Crippen LogP contribution in [0.3, 0.4) is 0 Å². The van der Waals surface area contributed by atoms with Gasteiger partial charge in [0.2, 0.25) is 0 Å². The first-order valence-electron chi connectivity index (χ1n) is 6.25. The number of nitrogens with one attached hydrogen (secondary N) is 1. The van der Waals surface area contributed by atoms with Crippen molar-refractivity contribution < 1.29 is 4.74 Å². The number of hydrogen-bond donors (Lipinski definition) is 1. The average Bonchev–Trinajstić information content (AvgIpc) is 2.86. The summed E-state index contributed by atoms with van der Waals surface area (Å²) >= 11 is 0. The summed E-state index contributed by atoms with van der Waals surface area (Å²) in [6, 6.07) is 8.76. The Morgan fingerprint density at radius 1 is 1.33 bits per heavy atom. The van der Waals surface area contributed by atoms with Gasteiger partial charge in [0.15, 0.2) is 0 Å². The first kappa shape index (κ1) is 11.4. The lowest BCUT2D eigenvalue weighted by Crippen LogP contribution is -2.38. The van der Waals surface area contributed by atoms with Crippen LogP contribution in [0.15, 0.2) is 43.0 Å². The van der Waals surface area contributed by atoms with Crippen molar-refractivity contribution in [1.29, 1.82) is 0 Å². The maximum Gasteiger partial charge on any atom is 0.0946 e. The van der Waals surface area contributed by atoms with E-state index in [-0.39, 0.29) is 0 Å². The van der Waals surface area contributed by atoms with Gasteiger partial charge in [-0.1, -0.05) is 24.3 Å². The molecule has 4 heteroatoms. The maximum absolute atomic E-state index is 5.77. The van der Waals surface area contributed by atoms with Crippen LogP contribution in [0.4, 0.5) is 0 Å². The lowest BCUT2D eigenvalue weighted by molar-refractivity contribution is 0.0878. The molecule has 1 aliphatic heterocycles. The Labute approximate surface area is 107 Å². The predicted molar refractivity (Wildman–Crippen MR) is 69.0 cm³/mol. The van der Waals surface area contributed by atoms with E-state index in [4.69, 9.17) is 4.74 Å². The average molecular weight is 243 g/mol. The van der Waals surface area contributed by atoms with Crippen LogP contribution in [-0.4, -0.2) is 22.2 Å². The standard InChI is InChI=1S/C14H17N3O/c1-2-4-13-9-18-10-14(16-7-12(13)3-1)8-17-6-5-15-11-17/h1-6,11,14,16H,7-10H2/t14-/m1/s1. The number of imidazole rings is 1. The van der Waals surface area contributed by atoms with Gasteiger partial charge in [-0.05, 0) is 11.1 Å². The van der Waals surface area contributed by atoms with E-state index in [2.05, 4.69) is 39.1 Å². The third kappa shape index (κ3) is 2.60. The van der Waals surface area contributed by atoms with Crippen molar-refractivity contribution in [2.75, 3.05) is 6.61 Å². The third-order valence-electron chi connectivity index (χ3n) is 3.27. The molecule has 1 aromatic carbocycles. The summed E-state index contributed by atoms with van der Waals surface area (Å²) in [4.78, 5) is 4.06. The molecular weight excluding hydrogens is 226 g/mol. The van der Waals surface area contributed by atoms with Crippen LogP contribution in [0.2, 0.25) is 0 Å². The van der Waals surface area contributed by atoms with Crippen LogP contribution in [0.25, 0.3) is 0 Å². The molecule has 3 rings (SSSR count). The van der Waals surface area contributed by atoms with Crippen LogP contribution in [-0.2, 0) is 24.4 Å². The molecule has 94 valence electrons. The molecule has 0 radical (unpaired) electrons. The highest BCUT2D eigenvalue weighted by Crippen LogP contribution is 2.13. The minimum Gasteiger partial charge on any atom is -0.375 e. The van der Waals surface area contributed by atoms with Crippen molar-refractivity contribution in [2.45, 2.75) is 25.7 Å². The Kier molecular flexibility index (Phi) is 3.39. The third-order valence-corrected chi connectivity index (χ3v) is 3.27. The van der Waals surface area contributed by atoms with E-state index < -0.39 is 0 Å². The molecule has 1 aliphatic rings. The van der Waals surface area contributed by atoms with Gasteiger partial charge in [0.25, 0.3) is 0 Å². The second kappa shape index (κ2) is 5.33. The molecule has 2 aromatic rings. The largest absolute Gasteiger partial charge is 0.375 e. The highest BCUT2D eigenvalue weighted by atomic mass is 16.5. The topological polar surface area (TPSA) is 39.1 Å². The fourth-order valence-corrected chi connectivity index (χ4v) is 2.26. The Hall–Kier alpha value is -1.65. The van der Waals surface area contributed by atoms with Crippen molar-refractivity contribution in [2.24, 2.45) is 0 Å². The number of hydrogen-bond acceptors (Lipinski definition) is 3. The zero-order valence-corrected chi connectivity index (χ0v) is 10.2. The van der Waals surface area contributed by atoms with E-state index in [1.54, 1.807) is 6.20 Å². The highest BCUT2D eigenvalue weighted by molar-refractivity contribution is 5.26. The Bertz CT molecular complexity index is 496.